The summed E-state index contributed by atoms with van der Waals surface area (Å²) in [7, 11) is 3.67. The lowest BCUT2D eigenvalue weighted by Gasteiger charge is -2.41. The molecule has 0 N–H and O–H groups in total. The third-order valence-corrected chi connectivity index (χ3v) is 6.37. The molecule has 2 bridgehead atoms. The first-order chi connectivity index (χ1) is 13.2. The van der Waals surface area contributed by atoms with Gasteiger partial charge in [0.05, 0.1) is 13.0 Å². The van der Waals surface area contributed by atoms with E-state index in [0.717, 1.165) is 12.8 Å². The Labute approximate surface area is 161 Å². The van der Waals surface area contributed by atoms with Crippen LogP contribution in [0, 0.1) is 5.92 Å². The third-order valence-electron chi connectivity index (χ3n) is 6.37. The molecule has 3 heteroatoms. The first-order valence-electron chi connectivity index (χ1n) is 9.80. The molecule has 0 amide bonds. The molecule has 2 unspecified atom stereocenters. The summed E-state index contributed by atoms with van der Waals surface area (Å²) in [5, 5.41) is 0. The van der Waals surface area contributed by atoms with Crippen LogP contribution in [0.25, 0.3) is 12.2 Å². The van der Waals surface area contributed by atoms with E-state index in [1.807, 2.05) is 18.2 Å². The van der Waals surface area contributed by atoms with Crippen LogP contribution in [0.3, 0.4) is 0 Å². The lowest BCUT2D eigenvalue weighted by atomic mass is 9.76. The number of fused-ring (bicyclic) bond motifs is 2. The Balaban J connectivity index is 1.55. The number of piperidine rings is 1. The zero-order valence-corrected chi connectivity index (χ0v) is 16.0. The molecule has 0 radical (unpaired) electrons. The second-order valence-corrected chi connectivity index (χ2v) is 7.77. The minimum absolute atomic E-state index is 0.0646. The van der Waals surface area contributed by atoms with Crippen LogP contribution in [0.5, 0.6) is 0 Å². The molecule has 27 heavy (non-hydrogen) atoms. The molecule has 2 aromatic rings. The van der Waals surface area contributed by atoms with Gasteiger partial charge in [0.1, 0.15) is 0 Å². The summed E-state index contributed by atoms with van der Waals surface area (Å²) in [6.07, 6.45) is 7.57. The molecular formula is C24H27NO2. The Morgan fingerprint density at radius 1 is 1.00 bits per heavy atom. The lowest BCUT2D eigenvalue weighted by Crippen LogP contribution is -2.49. The zero-order chi connectivity index (χ0) is 18.8. The van der Waals surface area contributed by atoms with Gasteiger partial charge in [0.25, 0.3) is 0 Å². The monoisotopic (exact) mass is 361 g/mol. The SMILES string of the molecule is COC(=O)C1[C@@H](c2ccc(/C=C/c3ccccc3)cc2)CC2CC[C@H]1N2C. The first-order valence-corrected chi connectivity index (χ1v) is 9.80. The summed E-state index contributed by atoms with van der Waals surface area (Å²) in [6.45, 7) is 0. The number of carbonyl (C=O) groups is 1. The average molecular weight is 361 g/mol. The van der Waals surface area contributed by atoms with Gasteiger partial charge in [0, 0.05) is 18.0 Å². The summed E-state index contributed by atoms with van der Waals surface area (Å²) >= 11 is 0. The molecule has 0 aliphatic carbocycles. The molecule has 2 saturated heterocycles. The van der Waals surface area contributed by atoms with Crippen molar-refractivity contribution in [3.05, 3.63) is 71.3 Å². The molecule has 2 aliphatic rings. The quantitative estimate of drug-likeness (QED) is 0.589. The van der Waals surface area contributed by atoms with Gasteiger partial charge in [-0.25, -0.2) is 0 Å². The van der Waals surface area contributed by atoms with Crippen LogP contribution in [0.2, 0.25) is 0 Å². The van der Waals surface area contributed by atoms with Crippen LogP contribution in [0.1, 0.15) is 41.9 Å². The van der Waals surface area contributed by atoms with Crippen LogP contribution in [-0.2, 0) is 9.53 Å². The predicted molar refractivity (Wildman–Crippen MR) is 109 cm³/mol. The fraction of sp³-hybridized carbons (Fsp3) is 0.375. The lowest BCUT2D eigenvalue weighted by molar-refractivity contribution is -0.150. The smallest absolute Gasteiger partial charge is 0.310 e. The second kappa shape index (κ2) is 7.69. The van der Waals surface area contributed by atoms with Crippen molar-refractivity contribution in [2.24, 2.45) is 5.92 Å². The minimum Gasteiger partial charge on any atom is -0.469 e. The van der Waals surface area contributed by atoms with Crippen molar-refractivity contribution >= 4 is 18.1 Å². The fourth-order valence-corrected chi connectivity index (χ4v) is 4.88. The maximum absolute atomic E-state index is 12.6. The van der Waals surface area contributed by atoms with Crippen molar-refractivity contribution in [1.29, 1.82) is 0 Å². The Kier molecular flexibility index (Phi) is 5.13. The molecule has 140 valence electrons. The molecule has 2 aliphatic heterocycles. The van der Waals surface area contributed by atoms with Gasteiger partial charge in [-0.3, -0.25) is 9.69 Å². The molecule has 2 fully saturated rings. The van der Waals surface area contributed by atoms with E-state index in [1.54, 1.807) is 0 Å². The summed E-state index contributed by atoms with van der Waals surface area (Å²) in [6, 6.07) is 19.9. The molecule has 0 saturated carbocycles. The van der Waals surface area contributed by atoms with Gasteiger partial charge >= 0.3 is 5.97 Å². The van der Waals surface area contributed by atoms with E-state index >= 15 is 0 Å². The van der Waals surface area contributed by atoms with Gasteiger partial charge in [-0.2, -0.15) is 0 Å². The van der Waals surface area contributed by atoms with E-state index < -0.39 is 0 Å². The highest BCUT2D eigenvalue weighted by Gasteiger charge is 2.49. The number of benzene rings is 2. The molecular weight excluding hydrogens is 334 g/mol. The van der Waals surface area contributed by atoms with Crippen LogP contribution in [-0.4, -0.2) is 37.1 Å². The van der Waals surface area contributed by atoms with Gasteiger partial charge in [0.15, 0.2) is 0 Å². The number of rotatable bonds is 4. The Morgan fingerprint density at radius 2 is 1.67 bits per heavy atom. The summed E-state index contributed by atoms with van der Waals surface area (Å²) in [5.41, 5.74) is 3.62. The molecule has 3 nitrogen and oxygen atoms in total. The highest BCUT2D eigenvalue weighted by atomic mass is 16.5. The van der Waals surface area contributed by atoms with E-state index in [4.69, 9.17) is 4.74 Å². The van der Waals surface area contributed by atoms with Gasteiger partial charge in [-0.15, -0.1) is 0 Å². The predicted octanol–water partition coefficient (Wildman–Crippen LogP) is 4.60. The third kappa shape index (κ3) is 3.57. The van der Waals surface area contributed by atoms with E-state index in [2.05, 4.69) is 60.5 Å². The van der Waals surface area contributed by atoms with Crippen molar-refractivity contribution in [3.63, 3.8) is 0 Å². The van der Waals surface area contributed by atoms with Crippen molar-refractivity contribution in [2.45, 2.75) is 37.3 Å². The second-order valence-electron chi connectivity index (χ2n) is 7.77. The molecule has 4 atom stereocenters. The Bertz CT molecular complexity index is 812. The van der Waals surface area contributed by atoms with E-state index in [9.17, 15) is 4.79 Å². The number of hydrogen-bond donors (Lipinski definition) is 0. The van der Waals surface area contributed by atoms with Crippen molar-refractivity contribution in [1.82, 2.24) is 4.90 Å². The first kappa shape index (κ1) is 18.0. The Morgan fingerprint density at radius 3 is 2.33 bits per heavy atom. The number of carbonyl (C=O) groups excluding carboxylic acids is 1. The highest BCUT2D eigenvalue weighted by molar-refractivity contribution is 5.75. The molecule has 0 spiro atoms. The average Bonchev–Trinajstić information content (AvgIpc) is 2.95. The number of nitrogens with zero attached hydrogens (tertiary/aromatic N) is 1. The summed E-state index contributed by atoms with van der Waals surface area (Å²) < 4.78 is 5.17. The molecule has 2 aromatic carbocycles. The fourth-order valence-electron chi connectivity index (χ4n) is 4.88. The van der Waals surface area contributed by atoms with Crippen LogP contribution in [0.4, 0.5) is 0 Å². The van der Waals surface area contributed by atoms with Crippen molar-refractivity contribution in [3.8, 4) is 0 Å². The van der Waals surface area contributed by atoms with Gasteiger partial charge < -0.3 is 4.74 Å². The topological polar surface area (TPSA) is 29.5 Å². The molecule has 0 aromatic heterocycles. The zero-order valence-electron chi connectivity index (χ0n) is 16.0. The standard InChI is InChI=1S/C24H27NO2/c1-25-20-14-15-22(25)23(24(26)27-2)21(16-20)19-12-10-18(11-13-19)9-8-17-6-4-3-5-7-17/h3-13,20-23H,14-16H2,1-2H3/b9-8+/t20?,21-,22-,23?/m1/s1. The normalized spacial score (nSPS) is 27.8. The molecule has 4 rings (SSSR count). The summed E-state index contributed by atoms with van der Waals surface area (Å²) in [5.74, 6) is 0.119. The van der Waals surface area contributed by atoms with Gasteiger partial charge in [-0.05, 0) is 43.0 Å². The number of esters is 1. The minimum atomic E-state index is -0.0653. The maximum atomic E-state index is 12.6. The van der Waals surface area contributed by atoms with E-state index in [-0.39, 0.29) is 17.8 Å². The van der Waals surface area contributed by atoms with Crippen molar-refractivity contribution < 1.29 is 9.53 Å². The largest absolute Gasteiger partial charge is 0.469 e. The van der Waals surface area contributed by atoms with Crippen LogP contribution in [0.15, 0.2) is 54.6 Å². The number of ether oxygens (including phenoxy) is 1. The highest BCUT2D eigenvalue weighted by Crippen LogP contribution is 2.46. The van der Waals surface area contributed by atoms with E-state index in [1.165, 1.54) is 30.2 Å². The van der Waals surface area contributed by atoms with Crippen molar-refractivity contribution in [2.75, 3.05) is 14.2 Å². The van der Waals surface area contributed by atoms with Crippen LogP contribution >= 0.6 is 0 Å². The van der Waals surface area contributed by atoms with Gasteiger partial charge in [0.2, 0.25) is 0 Å². The van der Waals surface area contributed by atoms with Gasteiger partial charge in [-0.1, -0.05) is 66.7 Å². The molecule has 2 heterocycles. The number of hydrogen-bond acceptors (Lipinski definition) is 3. The van der Waals surface area contributed by atoms with Crippen LogP contribution < -0.4 is 0 Å². The maximum Gasteiger partial charge on any atom is 0.310 e. The number of methoxy groups -OCH3 is 1. The summed E-state index contributed by atoms with van der Waals surface area (Å²) in [4.78, 5) is 14.9. The Hall–Kier alpha value is -2.39. The van der Waals surface area contributed by atoms with E-state index in [0.29, 0.717) is 12.1 Å².